The standard InChI is InChI=1S/C28H51N/c1-3-5-7-9-11-13-26-18-21-28(24-29,22-19-26)23-20-27-16-14-25(15-17-27)12-10-8-6-4-2/h25-27H,3-23H2,1-2H3/t25-,26-,27-,28-. The molecule has 0 bridgehead atoms. The lowest BCUT2D eigenvalue weighted by atomic mass is 9.66. The molecule has 2 saturated carbocycles. The first-order valence-corrected chi connectivity index (χ1v) is 13.6. The van der Waals surface area contributed by atoms with Crippen LogP contribution in [0.1, 0.15) is 149 Å². The predicted molar refractivity (Wildman–Crippen MR) is 127 cm³/mol. The molecule has 168 valence electrons. The highest BCUT2D eigenvalue weighted by Crippen LogP contribution is 2.45. The van der Waals surface area contributed by atoms with Crippen molar-refractivity contribution in [2.24, 2.45) is 23.2 Å². The third kappa shape index (κ3) is 9.44. The van der Waals surface area contributed by atoms with Crippen LogP contribution in [0.15, 0.2) is 0 Å². The summed E-state index contributed by atoms with van der Waals surface area (Å²) in [5, 5.41) is 9.96. The SMILES string of the molecule is CCCCCCC[C@H]1CC[C@@](C#N)(CC[C@H]2CC[C@H](CCCCCC)CC2)CC1. The van der Waals surface area contributed by atoms with Crippen LogP contribution in [-0.4, -0.2) is 0 Å². The molecule has 0 spiro atoms. The number of nitriles is 1. The summed E-state index contributed by atoms with van der Waals surface area (Å²) in [6.45, 7) is 4.60. The number of hydrogen-bond donors (Lipinski definition) is 0. The van der Waals surface area contributed by atoms with E-state index in [4.69, 9.17) is 0 Å². The highest BCUT2D eigenvalue weighted by atomic mass is 14.4. The third-order valence-electron chi connectivity index (χ3n) is 8.48. The molecule has 0 aromatic rings. The minimum Gasteiger partial charge on any atom is -0.198 e. The van der Waals surface area contributed by atoms with Gasteiger partial charge in [0.15, 0.2) is 0 Å². The van der Waals surface area contributed by atoms with Crippen LogP contribution in [0.3, 0.4) is 0 Å². The molecule has 29 heavy (non-hydrogen) atoms. The van der Waals surface area contributed by atoms with E-state index in [9.17, 15) is 5.26 Å². The summed E-state index contributed by atoms with van der Waals surface area (Å²) in [4.78, 5) is 0. The van der Waals surface area contributed by atoms with Gasteiger partial charge < -0.3 is 0 Å². The van der Waals surface area contributed by atoms with Crippen LogP contribution in [0, 0.1) is 34.5 Å². The van der Waals surface area contributed by atoms with E-state index in [-0.39, 0.29) is 5.41 Å². The second kappa shape index (κ2) is 14.5. The van der Waals surface area contributed by atoms with Crippen molar-refractivity contribution in [2.75, 3.05) is 0 Å². The molecular weight excluding hydrogens is 350 g/mol. The fourth-order valence-electron chi connectivity index (χ4n) is 6.12. The lowest BCUT2D eigenvalue weighted by Crippen LogP contribution is -2.27. The highest BCUT2D eigenvalue weighted by Gasteiger charge is 2.36. The van der Waals surface area contributed by atoms with Gasteiger partial charge in [-0.3, -0.25) is 0 Å². The van der Waals surface area contributed by atoms with Gasteiger partial charge in [-0.25, -0.2) is 0 Å². The Bertz CT molecular complexity index is 432. The molecule has 0 heterocycles. The first-order valence-electron chi connectivity index (χ1n) is 13.6. The monoisotopic (exact) mass is 401 g/mol. The first kappa shape index (κ1) is 24.8. The van der Waals surface area contributed by atoms with E-state index < -0.39 is 0 Å². The molecule has 2 aliphatic carbocycles. The number of hydrogen-bond acceptors (Lipinski definition) is 1. The minimum absolute atomic E-state index is 0.0374. The molecule has 0 amide bonds. The Morgan fingerprint density at radius 3 is 1.59 bits per heavy atom. The van der Waals surface area contributed by atoms with Gasteiger partial charge in [0.25, 0.3) is 0 Å². The molecule has 2 rings (SSSR count). The molecule has 0 aromatic heterocycles. The molecule has 0 atom stereocenters. The largest absolute Gasteiger partial charge is 0.198 e. The van der Waals surface area contributed by atoms with Gasteiger partial charge >= 0.3 is 0 Å². The number of nitrogens with zero attached hydrogens (tertiary/aromatic N) is 1. The second-order valence-corrected chi connectivity index (χ2v) is 10.8. The molecular formula is C28H51N. The van der Waals surface area contributed by atoms with Crippen LogP contribution in [0.2, 0.25) is 0 Å². The summed E-state index contributed by atoms with van der Waals surface area (Å²) in [5.74, 6) is 2.85. The van der Waals surface area contributed by atoms with E-state index in [1.54, 1.807) is 0 Å². The van der Waals surface area contributed by atoms with Crippen molar-refractivity contribution in [1.82, 2.24) is 0 Å². The maximum Gasteiger partial charge on any atom is 0.0689 e. The Morgan fingerprint density at radius 2 is 1.07 bits per heavy atom. The Balaban J connectivity index is 1.59. The van der Waals surface area contributed by atoms with Gasteiger partial charge in [-0.2, -0.15) is 5.26 Å². The topological polar surface area (TPSA) is 23.8 Å². The van der Waals surface area contributed by atoms with Gasteiger partial charge in [-0.05, 0) is 56.3 Å². The van der Waals surface area contributed by atoms with Crippen molar-refractivity contribution in [3.8, 4) is 6.07 Å². The maximum atomic E-state index is 9.96. The lowest BCUT2D eigenvalue weighted by Gasteiger charge is -2.37. The fourth-order valence-corrected chi connectivity index (χ4v) is 6.12. The second-order valence-electron chi connectivity index (χ2n) is 10.8. The van der Waals surface area contributed by atoms with E-state index in [2.05, 4.69) is 19.9 Å². The average molecular weight is 402 g/mol. The van der Waals surface area contributed by atoms with Crippen molar-refractivity contribution in [1.29, 1.82) is 5.26 Å². The van der Waals surface area contributed by atoms with Crippen LogP contribution >= 0.6 is 0 Å². The lowest BCUT2D eigenvalue weighted by molar-refractivity contribution is 0.162. The Hall–Kier alpha value is -0.510. The fraction of sp³-hybridized carbons (Fsp3) is 0.964. The summed E-state index contributed by atoms with van der Waals surface area (Å²) in [7, 11) is 0. The molecule has 0 aliphatic heterocycles. The molecule has 1 heteroatoms. The molecule has 0 saturated heterocycles. The van der Waals surface area contributed by atoms with Crippen molar-refractivity contribution >= 4 is 0 Å². The van der Waals surface area contributed by atoms with Gasteiger partial charge in [0.2, 0.25) is 0 Å². The zero-order chi connectivity index (χ0) is 20.8. The van der Waals surface area contributed by atoms with Gasteiger partial charge in [-0.15, -0.1) is 0 Å². The van der Waals surface area contributed by atoms with Crippen molar-refractivity contribution in [2.45, 2.75) is 149 Å². The summed E-state index contributed by atoms with van der Waals surface area (Å²) >= 11 is 0. The molecule has 0 aromatic carbocycles. The highest BCUT2D eigenvalue weighted by molar-refractivity contribution is 5.01. The van der Waals surface area contributed by atoms with Crippen LogP contribution in [-0.2, 0) is 0 Å². The van der Waals surface area contributed by atoms with Gasteiger partial charge in [0, 0.05) is 0 Å². The quantitative estimate of drug-likeness (QED) is 0.266. The molecule has 2 aliphatic rings. The molecule has 0 N–H and O–H groups in total. The van der Waals surface area contributed by atoms with E-state index in [1.807, 2.05) is 0 Å². The molecule has 0 unspecified atom stereocenters. The first-order chi connectivity index (χ1) is 14.2. The molecule has 1 nitrogen and oxygen atoms in total. The number of rotatable bonds is 14. The normalized spacial score (nSPS) is 30.2. The van der Waals surface area contributed by atoms with E-state index >= 15 is 0 Å². The summed E-state index contributed by atoms with van der Waals surface area (Å²) in [5.41, 5.74) is 0.0374. The van der Waals surface area contributed by atoms with Gasteiger partial charge in [0.05, 0.1) is 11.5 Å². The van der Waals surface area contributed by atoms with Crippen molar-refractivity contribution in [3.05, 3.63) is 0 Å². The average Bonchev–Trinajstić information content (AvgIpc) is 2.77. The third-order valence-corrected chi connectivity index (χ3v) is 8.48. The van der Waals surface area contributed by atoms with Crippen molar-refractivity contribution < 1.29 is 0 Å². The number of unbranched alkanes of at least 4 members (excludes halogenated alkanes) is 7. The van der Waals surface area contributed by atoms with E-state index in [0.717, 1.165) is 17.8 Å². The van der Waals surface area contributed by atoms with Gasteiger partial charge in [0.1, 0.15) is 0 Å². The Labute approximate surface area is 183 Å². The molecule has 2 fully saturated rings. The van der Waals surface area contributed by atoms with Crippen LogP contribution in [0.25, 0.3) is 0 Å². The van der Waals surface area contributed by atoms with Crippen LogP contribution in [0.4, 0.5) is 0 Å². The zero-order valence-corrected chi connectivity index (χ0v) is 20.0. The maximum absolute atomic E-state index is 9.96. The minimum atomic E-state index is 0.0374. The van der Waals surface area contributed by atoms with Crippen LogP contribution in [0.5, 0.6) is 0 Å². The zero-order valence-electron chi connectivity index (χ0n) is 20.0. The Kier molecular flexibility index (Phi) is 12.4. The van der Waals surface area contributed by atoms with Gasteiger partial charge in [-0.1, -0.05) is 110 Å². The summed E-state index contributed by atoms with van der Waals surface area (Å²) in [6, 6.07) is 2.81. The van der Waals surface area contributed by atoms with Crippen LogP contribution < -0.4 is 0 Å². The molecule has 0 radical (unpaired) electrons. The Morgan fingerprint density at radius 1 is 0.621 bits per heavy atom. The summed E-state index contributed by atoms with van der Waals surface area (Å²) < 4.78 is 0. The predicted octanol–water partition coefficient (Wildman–Crippen LogP) is 9.60. The van der Waals surface area contributed by atoms with Crippen molar-refractivity contribution in [3.63, 3.8) is 0 Å². The summed E-state index contributed by atoms with van der Waals surface area (Å²) in [6.07, 6.45) is 29.0. The smallest absolute Gasteiger partial charge is 0.0689 e. The van der Waals surface area contributed by atoms with E-state index in [0.29, 0.717) is 0 Å². The van der Waals surface area contributed by atoms with E-state index in [1.165, 1.54) is 135 Å².